The lowest BCUT2D eigenvalue weighted by molar-refractivity contribution is 0.156. The van der Waals surface area contributed by atoms with Gasteiger partial charge in [0.25, 0.3) is 0 Å². The monoisotopic (exact) mass is 472 g/mol. The van der Waals surface area contributed by atoms with E-state index in [1.54, 1.807) is 17.6 Å². The Morgan fingerprint density at radius 3 is 2.67 bits per heavy atom. The molecule has 1 aromatic carbocycles. The molecule has 33 heavy (non-hydrogen) atoms. The number of aromatic nitrogens is 2. The second-order valence-electron chi connectivity index (χ2n) is 8.06. The van der Waals surface area contributed by atoms with Gasteiger partial charge in [-0.2, -0.15) is 0 Å². The van der Waals surface area contributed by atoms with Crippen molar-refractivity contribution in [1.82, 2.24) is 14.5 Å². The maximum Gasteiger partial charge on any atom is 0.198 e. The van der Waals surface area contributed by atoms with Crippen LogP contribution in [0.5, 0.6) is 0 Å². The van der Waals surface area contributed by atoms with Crippen LogP contribution in [-0.4, -0.2) is 59.5 Å². The first kappa shape index (κ1) is 23.2. The van der Waals surface area contributed by atoms with Gasteiger partial charge in [0.05, 0.1) is 28.2 Å². The molecule has 0 aliphatic carbocycles. The summed E-state index contributed by atoms with van der Waals surface area (Å²) in [4.78, 5) is 26.8. The number of aryl methyl sites for hydroxylation is 1. The van der Waals surface area contributed by atoms with Gasteiger partial charge in [-0.3, -0.25) is 9.69 Å². The SMILES string of the molecule is CCO/N=C(\C)CN1CCN(c2cc3c(cc2F)c(=O)c(-c2csc(N)n2)cn3CC)CC1. The topological polar surface area (TPSA) is 89.0 Å². The summed E-state index contributed by atoms with van der Waals surface area (Å²) in [5.74, 6) is -0.389. The van der Waals surface area contributed by atoms with E-state index in [9.17, 15) is 4.79 Å². The van der Waals surface area contributed by atoms with E-state index in [-0.39, 0.29) is 11.2 Å². The molecule has 2 aromatic heterocycles. The molecule has 0 spiro atoms. The van der Waals surface area contributed by atoms with Crippen LogP contribution in [0.15, 0.2) is 33.7 Å². The van der Waals surface area contributed by atoms with Gasteiger partial charge in [0, 0.05) is 56.2 Å². The van der Waals surface area contributed by atoms with Crippen molar-refractivity contribution in [2.24, 2.45) is 5.16 Å². The lowest BCUT2D eigenvalue weighted by Crippen LogP contribution is -2.48. The molecule has 0 atom stereocenters. The Morgan fingerprint density at radius 1 is 1.27 bits per heavy atom. The molecule has 176 valence electrons. The summed E-state index contributed by atoms with van der Waals surface area (Å²) < 4.78 is 17.2. The smallest absolute Gasteiger partial charge is 0.198 e. The number of nitrogen functional groups attached to an aromatic ring is 1. The number of anilines is 2. The number of oxime groups is 1. The molecule has 0 radical (unpaired) electrons. The largest absolute Gasteiger partial charge is 0.396 e. The average molecular weight is 473 g/mol. The minimum absolute atomic E-state index is 0.237. The van der Waals surface area contributed by atoms with Gasteiger partial charge >= 0.3 is 0 Å². The van der Waals surface area contributed by atoms with E-state index >= 15 is 4.39 Å². The molecule has 10 heteroatoms. The Morgan fingerprint density at radius 2 is 2.03 bits per heavy atom. The zero-order chi connectivity index (χ0) is 23.5. The van der Waals surface area contributed by atoms with Crippen LogP contribution in [0, 0.1) is 5.82 Å². The van der Waals surface area contributed by atoms with E-state index in [1.165, 1.54) is 17.4 Å². The predicted octanol–water partition coefficient (Wildman–Crippen LogP) is 3.40. The summed E-state index contributed by atoms with van der Waals surface area (Å²) in [5.41, 5.74) is 8.63. The lowest BCUT2D eigenvalue weighted by Gasteiger charge is -2.36. The number of rotatable bonds is 7. The van der Waals surface area contributed by atoms with Crippen LogP contribution in [0.25, 0.3) is 22.2 Å². The zero-order valence-electron chi connectivity index (χ0n) is 19.2. The first-order valence-electron chi connectivity index (χ1n) is 11.1. The number of thiazole rings is 1. The summed E-state index contributed by atoms with van der Waals surface area (Å²) in [6, 6.07) is 3.16. The molecule has 3 heterocycles. The molecule has 1 fully saturated rings. The fourth-order valence-corrected chi connectivity index (χ4v) is 4.73. The number of nitrogens with two attached hydrogens (primary N) is 1. The Labute approximate surface area is 196 Å². The van der Waals surface area contributed by atoms with Gasteiger partial charge in [-0.1, -0.05) is 5.16 Å². The highest BCUT2D eigenvalue weighted by Crippen LogP contribution is 2.28. The van der Waals surface area contributed by atoms with Gasteiger partial charge in [-0.15, -0.1) is 11.3 Å². The number of hydrogen-bond donors (Lipinski definition) is 1. The highest BCUT2D eigenvalue weighted by atomic mass is 32.1. The zero-order valence-corrected chi connectivity index (χ0v) is 20.0. The van der Waals surface area contributed by atoms with Gasteiger partial charge in [-0.05, 0) is 32.9 Å². The highest BCUT2D eigenvalue weighted by molar-refractivity contribution is 7.13. The van der Waals surface area contributed by atoms with Crippen molar-refractivity contribution < 1.29 is 9.23 Å². The molecule has 0 bridgehead atoms. The first-order chi connectivity index (χ1) is 15.9. The summed E-state index contributed by atoms with van der Waals surface area (Å²) in [7, 11) is 0. The molecule has 1 saturated heterocycles. The maximum absolute atomic E-state index is 15.2. The molecule has 2 N–H and O–H groups in total. The van der Waals surface area contributed by atoms with Crippen LogP contribution in [0.3, 0.4) is 0 Å². The summed E-state index contributed by atoms with van der Waals surface area (Å²) in [5, 5.41) is 6.58. The van der Waals surface area contributed by atoms with Crippen molar-refractivity contribution in [2.75, 3.05) is 50.0 Å². The van der Waals surface area contributed by atoms with E-state index in [0.717, 1.165) is 25.3 Å². The van der Waals surface area contributed by atoms with Crippen molar-refractivity contribution in [3.05, 3.63) is 39.8 Å². The fourth-order valence-electron chi connectivity index (χ4n) is 4.17. The Balaban J connectivity index is 1.61. The molecule has 8 nitrogen and oxygen atoms in total. The third kappa shape index (κ3) is 4.86. The van der Waals surface area contributed by atoms with Crippen LogP contribution in [0.2, 0.25) is 0 Å². The van der Waals surface area contributed by atoms with Crippen LogP contribution < -0.4 is 16.1 Å². The second-order valence-corrected chi connectivity index (χ2v) is 8.95. The predicted molar refractivity (Wildman–Crippen MR) is 133 cm³/mol. The van der Waals surface area contributed by atoms with Crippen LogP contribution in [0.1, 0.15) is 20.8 Å². The van der Waals surface area contributed by atoms with Crippen molar-refractivity contribution in [3.8, 4) is 11.3 Å². The first-order valence-corrected chi connectivity index (χ1v) is 12.0. The van der Waals surface area contributed by atoms with Gasteiger partial charge in [-0.25, -0.2) is 9.37 Å². The van der Waals surface area contributed by atoms with Gasteiger partial charge in [0.2, 0.25) is 0 Å². The van der Waals surface area contributed by atoms with E-state index in [2.05, 4.69) is 15.0 Å². The number of piperazine rings is 1. The molecular formula is C23H29FN6O2S. The van der Waals surface area contributed by atoms with Crippen molar-refractivity contribution in [2.45, 2.75) is 27.3 Å². The van der Waals surface area contributed by atoms with Gasteiger partial charge in [0.15, 0.2) is 10.6 Å². The number of fused-ring (bicyclic) bond motifs is 1. The second kappa shape index (κ2) is 9.88. The van der Waals surface area contributed by atoms with Crippen molar-refractivity contribution in [1.29, 1.82) is 0 Å². The fraction of sp³-hybridized carbons (Fsp3) is 0.435. The minimum Gasteiger partial charge on any atom is -0.396 e. The lowest BCUT2D eigenvalue weighted by atomic mass is 10.1. The minimum atomic E-state index is -0.389. The van der Waals surface area contributed by atoms with Crippen LogP contribution in [-0.2, 0) is 11.4 Å². The quantitative estimate of drug-likeness (QED) is 0.419. The molecule has 3 aromatic rings. The number of hydrogen-bond acceptors (Lipinski definition) is 8. The van der Waals surface area contributed by atoms with Gasteiger partial charge in [0.1, 0.15) is 12.4 Å². The molecule has 0 unspecified atom stereocenters. The number of nitrogens with zero attached hydrogens (tertiary/aromatic N) is 5. The van der Waals surface area contributed by atoms with Crippen LogP contribution in [0.4, 0.5) is 15.2 Å². The Hall–Kier alpha value is -2.98. The van der Waals surface area contributed by atoms with E-state index < -0.39 is 0 Å². The van der Waals surface area contributed by atoms with E-state index in [4.69, 9.17) is 10.6 Å². The molecule has 0 amide bonds. The summed E-state index contributed by atoms with van der Waals surface area (Å²) in [6.07, 6.45) is 1.79. The molecule has 4 rings (SSSR count). The van der Waals surface area contributed by atoms with Crippen molar-refractivity contribution in [3.63, 3.8) is 0 Å². The maximum atomic E-state index is 15.2. The summed E-state index contributed by atoms with van der Waals surface area (Å²) >= 11 is 1.28. The molecule has 1 aliphatic heterocycles. The average Bonchev–Trinajstić information content (AvgIpc) is 3.24. The van der Waals surface area contributed by atoms with E-state index in [0.29, 0.717) is 59.2 Å². The number of benzene rings is 1. The van der Waals surface area contributed by atoms with Crippen molar-refractivity contribution >= 4 is 38.8 Å². The molecular weight excluding hydrogens is 443 g/mol. The third-order valence-corrected chi connectivity index (χ3v) is 6.48. The normalized spacial score (nSPS) is 15.4. The summed E-state index contributed by atoms with van der Waals surface area (Å²) in [6.45, 7) is 10.7. The number of halogens is 1. The highest BCUT2D eigenvalue weighted by Gasteiger charge is 2.22. The Bertz CT molecular complexity index is 1230. The standard InChI is InChI=1S/C23H29FN6O2S/c1-4-29-13-17(19-14-33-23(25)26-19)22(31)16-10-18(24)21(11-20(16)29)30-8-6-28(7-9-30)12-15(3)27-32-5-2/h10-11,13-14H,4-9,12H2,1-3H3,(H2,25,26)/b27-15+. The van der Waals surface area contributed by atoms with Crippen LogP contribution >= 0.6 is 11.3 Å². The third-order valence-electron chi connectivity index (χ3n) is 5.80. The van der Waals surface area contributed by atoms with Gasteiger partial charge < -0.3 is 20.0 Å². The van der Waals surface area contributed by atoms with E-state index in [1.807, 2.05) is 30.2 Å². The molecule has 1 aliphatic rings. The number of pyridine rings is 1. The molecule has 0 saturated carbocycles. The Kier molecular flexibility index (Phi) is 6.94.